The molecule has 2 heterocycles. The van der Waals surface area contributed by atoms with Gasteiger partial charge in [0.2, 0.25) is 5.91 Å². The summed E-state index contributed by atoms with van der Waals surface area (Å²) in [7, 11) is 1.52. The molecule has 3 N–H and O–H groups in total. The Morgan fingerprint density at radius 1 is 1.16 bits per heavy atom. The molecule has 0 saturated carbocycles. The summed E-state index contributed by atoms with van der Waals surface area (Å²) in [6.45, 7) is 6.86. The van der Waals surface area contributed by atoms with E-state index in [1.807, 2.05) is 4.90 Å². The van der Waals surface area contributed by atoms with E-state index in [4.69, 9.17) is 22.1 Å². The third-order valence-corrected chi connectivity index (χ3v) is 6.76. The van der Waals surface area contributed by atoms with Crippen LogP contribution in [0.3, 0.4) is 0 Å². The molecule has 0 atom stereocenters. The number of benzene rings is 1. The van der Waals surface area contributed by atoms with Crippen LogP contribution in [0.5, 0.6) is 5.75 Å². The van der Waals surface area contributed by atoms with Gasteiger partial charge in [0, 0.05) is 51.3 Å². The van der Waals surface area contributed by atoms with Crippen LogP contribution >= 0.6 is 11.6 Å². The van der Waals surface area contributed by atoms with Crippen LogP contribution in [0.1, 0.15) is 55.8 Å². The van der Waals surface area contributed by atoms with Gasteiger partial charge in [-0.15, -0.1) is 0 Å². The highest BCUT2D eigenvalue weighted by atomic mass is 35.5. The monoisotopic (exact) mass is 450 g/mol. The van der Waals surface area contributed by atoms with E-state index in [1.165, 1.54) is 7.11 Å². The van der Waals surface area contributed by atoms with Gasteiger partial charge in [-0.1, -0.05) is 18.5 Å². The van der Waals surface area contributed by atoms with Crippen LogP contribution < -0.4 is 15.8 Å². The van der Waals surface area contributed by atoms with Gasteiger partial charge >= 0.3 is 0 Å². The third-order valence-electron chi connectivity index (χ3n) is 6.43. The molecular formula is C23H35ClN4O3. The highest BCUT2D eigenvalue weighted by Crippen LogP contribution is 2.29. The lowest BCUT2D eigenvalue weighted by atomic mass is 9.94. The van der Waals surface area contributed by atoms with Crippen molar-refractivity contribution in [1.29, 1.82) is 0 Å². The van der Waals surface area contributed by atoms with E-state index < -0.39 is 0 Å². The summed E-state index contributed by atoms with van der Waals surface area (Å²) in [4.78, 5) is 29.3. The number of halogens is 1. The Kier molecular flexibility index (Phi) is 8.43. The molecule has 2 fully saturated rings. The average molecular weight is 451 g/mol. The van der Waals surface area contributed by atoms with E-state index in [1.54, 1.807) is 12.1 Å². The summed E-state index contributed by atoms with van der Waals surface area (Å²) in [5, 5.41) is 3.47. The number of amides is 2. The Hall–Kier alpha value is -1.99. The van der Waals surface area contributed by atoms with Crippen LogP contribution in [-0.2, 0) is 4.79 Å². The SMILES string of the molecule is CCCC(=O)N1CCC(CN2CCC(NC(=O)c3cc(Cl)c(N)cc3OC)CC2)CC1. The number of anilines is 1. The van der Waals surface area contributed by atoms with Crippen LogP contribution in [0.25, 0.3) is 0 Å². The van der Waals surface area contributed by atoms with Crippen molar-refractivity contribution in [3.8, 4) is 5.75 Å². The molecule has 0 bridgehead atoms. The lowest BCUT2D eigenvalue weighted by Crippen LogP contribution is -2.47. The molecule has 0 aliphatic carbocycles. The Bertz CT molecular complexity index is 772. The molecular weight excluding hydrogens is 416 g/mol. The third kappa shape index (κ3) is 6.26. The Morgan fingerprint density at radius 3 is 2.45 bits per heavy atom. The highest BCUT2D eigenvalue weighted by molar-refractivity contribution is 6.33. The van der Waals surface area contributed by atoms with Crippen molar-refractivity contribution >= 4 is 29.1 Å². The van der Waals surface area contributed by atoms with E-state index in [0.29, 0.717) is 40.3 Å². The fourth-order valence-electron chi connectivity index (χ4n) is 4.54. The van der Waals surface area contributed by atoms with Gasteiger partial charge in [0.25, 0.3) is 5.91 Å². The number of nitrogen functional groups attached to an aromatic ring is 1. The molecule has 1 aromatic carbocycles. The molecule has 1 aromatic rings. The zero-order chi connectivity index (χ0) is 22.4. The van der Waals surface area contributed by atoms with Gasteiger partial charge in [-0.25, -0.2) is 0 Å². The molecule has 172 valence electrons. The maximum atomic E-state index is 12.8. The summed E-state index contributed by atoms with van der Waals surface area (Å²) < 4.78 is 5.30. The number of piperidine rings is 2. The Morgan fingerprint density at radius 2 is 1.84 bits per heavy atom. The summed E-state index contributed by atoms with van der Waals surface area (Å²) >= 11 is 6.09. The zero-order valence-corrected chi connectivity index (χ0v) is 19.4. The van der Waals surface area contributed by atoms with Crippen molar-refractivity contribution in [3.63, 3.8) is 0 Å². The summed E-state index contributed by atoms with van der Waals surface area (Å²) in [5.41, 5.74) is 6.61. The second kappa shape index (κ2) is 11.0. The molecule has 2 amide bonds. The molecule has 2 aliphatic rings. The summed E-state index contributed by atoms with van der Waals surface area (Å²) in [5.74, 6) is 1.21. The predicted molar refractivity (Wildman–Crippen MR) is 124 cm³/mol. The number of nitrogens with two attached hydrogens (primary N) is 1. The van der Waals surface area contributed by atoms with E-state index in [2.05, 4.69) is 17.1 Å². The minimum absolute atomic E-state index is 0.137. The van der Waals surface area contributed by atoms with Gasteiger partial charge in [0.15, 0.2) is 0 Å². The van der Waals surface area contributed by atoms with Gasteiger partial charge in [0.1, 0.15) is 5.75 Å². The highest BCUT2D eigenvalue weighted by Gasteiger charge is 2.27. The maximum Gasteiger partial charge on any atom is 0.255 e. The molecule has 7 nitrogen and oxygen atoms in total. The molecule has 2 saturated heterocycles. The van der Waals surface area contributed by atoms with Crippen molar-refractivity contribution in [2.24, 2.45) is 5.92 Å². The van der Waals surface area contributed by atoms with E-state index >= 15 is 0 Å². The normalized spacial score (nSPS) is 18.7. The molecule has 0 aromatic heterocycles. The number of carbonyl (C=O) groups is 2. The Balaban J connectivity index is 1.43. The second-order valence-electron chi connectivity index (χ2n) is 8.70. The smallest absolute Gasteiger partial charge is 0.255 e. The van der Waals surface area contributed by atoms with Crippen molar-refractivity contribution < 1.29 is 14.3 Å². The first-order chi connectivity index (χ1) is 14.9. The number of hydrogen-bond donors (Lipinski definition) is 2. The van der Waals surface area contributed by atoms with E-state index in [9.17, 15) is 9.59 Å². The molecule has 3 rings (SSSR count). The van der Waals surface area contributed by atoms with Gasteiger partial charge < -0.3 is 25.6 Å². The van der Waals surface area contributed by atoms with Crippen LogP contribution in [-0.4, -0.2) is 67.5 Å². The molecule has 31 heavy (non-hydrogen) atoms. The quantitative estimate of drug-likeness (QED) is 0.623. The largest absolute Gasteiger partial charge is 0.496 e. The standard InChI is InChI=1S/C23H35ClN4O3/c1-3-4-22(29)28-11-5-16(6-12-28)15-27-9-7-17(8-10-27)26-23(30)18-13-19(24)20(25)14-21(18)31-2/h13-14,16-17H,3-12,15,25H2,1-2H3,(H,26,30). The first-order valence-corrected chi connectivity index (χ1v) is 11.7. The number of nitrogens with one attached hydrogen (secondary N) is 1. The number of nitrogens with zero attached hydrogens (tertiary/aromatic N) is 2. The molecule has 2 aliphatic heterocycles. The topological polar surface area (TPSA) is 87.9 Å². The lowest BCUT2D eigenvalue weighted by molar-refractivity contribution is -0.132. The molecule has 0 unspecified atom stereocenters. The van der Waals surface area contributed by atoms with Crippen LogP contribution in [0.15, 0.2) is 12.1 Å². The lowest BCUT2D eigenvalue weighted by Gasteiger charge is -2.38. The van der Waals surface area contributed by atoms with Gasteiger partial charge in [-0.2, -0.15) is 0 Å². The maximum absolute atomic E-state index is 12.8. The fraction of sp³-hybridized carbons (Fsp3) is 0.652. The number of ether oxygens (including phenoxy) is 1. The van der Waals surface area contributed by atoms with Crippen LogP contribution in [0, 0.1) is 5.92 Å². The fourth-order valence-corrected chi connectivity index (χ4v) is 4.70. The van der Waals surface area contributed by atoms with E-state index in [0.717, 1.165) is 64.8 Å². The van der Waals surface area contributed by atoms with Gasteiger partial charge in [-0.05, 0) is 44.1 Å². The van der Waals surface area contributed by atoms with Crippen molar-refractivity contribution in [3.05, 3.63) is 22.7 Å². The number of hydrogen-bond acceptors (Lipinski definition) is 5. The molecule has 8 heteroatoms. The number of carbonyl (C=O) groups excluding carboxylic acids is 2. The minimum Gasteiger partial charge on any atom is -0.496 e. The van der Waals surface area contributed by atoms with Crippen LogP contribution in [0.2, 0.25) is 5.02 Å². The van der Waals surface area contributed by atoms with Gasteiger partial charge in [-0.3, -0.25) is 9.59 Å². The van der Waals surface area contributed by atoms with Crippen molar-refractivity contribution in [2.75, 3.05) is 45.6 Å². The average Bonchev–Trinajstić information content (AvgIpc) is 2.77. The summed E-state index contributed by atoms with van der Waals surface area (Å²) in [6, 6.07) is 3.29. The van der Waals surface area contributed by atoms with Crippen molar-refractivity contribution in [1.82, 2.24) is 15.1 Å². The van der Waals surface area contributed by atoms with E-state index in [-0.39, 0.29) is 11.9 Å². The first kappa shape index (κ1) is 23.7. The molecule has 0 radical (unpaired) electrons. The molecule has 0 spiro atoms. The zero-order valence-electron chi connectivity index (χ0n) is 18.7. The van der Waals surface area contributed by atoms with Crippen LogP contribution in [0.4, 0.5) is 5.69 Å². The predicted octanol–water partition coefficient (Wildman–Crippen LogP) is 3.16. The first-order valence-electron chi connectivity index (χ1n) is 11.3. The van der Waals surface area contributed by atoms with Crippen molar-refractivity contribution in [2.45, 2.75) is 51.5 Å². The van der Waals surface area contributed by atoms with Gasteiger partial charge in [0.05, 0.1) is 23.4 Å². The Labute approximate surface area is 190 Å². The summed E-state index contributed by atoms with van der Waals surface area (Å²) in [6.07, 6.45) is 5.60. The number of likely N-dealkylation sites (tertiary alicyclic amines) is 2. The minimum atomic E-state index is -0.179. The number of rotatable bonds is 7. The second-order valence-corrected chi connectivity index (χ2v) is 9.10. The number of methoxy groups -OCH3 is 1.